The van der Waals surface area contributed by atoms with E-state index in [0.29, 0.717) is 21.8 Å². The Hall–Kier alpha value is -3.06. The van der Waals surface area contributed by atoms with Gasteiger partial charge in [-0.3, -0.25) is 10.1 Å². The van der Waals surface area contributed by atoms with Crippen LogP contribution in [0.15, 0.2) is 48.5 Å². The van der Waals surface area contributed by atoms with Crippen LogP contribution in [0.5, 0.6) is 0 Å². The van der Waals surface area contributed by atoms with Crippen molar-refractivity contribution in [3.05, 3.63) is 64.7 Å². The van der Waals surface area contributed by atoms with Crippen molar-refractivity contribution in [3.63, 3.8) is 0 Å². The van der Waals surface area contributed by atoms with Gasteiger partial charge in [-0.05, 0) is 24.1 Å². The molecule has 1 N–H and O–H groups in total. The van der Waals surface area contributed by atoms with E-state index in [1.54, 1.807) is 49.4 Å². The number of nitrogens with zero attached hydrogens (tertiary/aromatic N) is 2. The van der Waals surface area contributed by atoms with Gasteiger partial charge in [0.2, 0.25) is 5.13 Å². The molecule has 3 aromatic rings. The van der Waals surface area contributed by atoms with Crippen molar-refractivity contribution < 1.29 is 14.7 Å². The zero-order valence-electron chi connectivity index (χ0n) is 12.6. The van der Waals surface area contributed by atoms with Gasteiger partial charge in [0.05, 0.1) is 5.97 Å². The molecule has 24 heavy (non-hydrogen) atoms. The van der Waals surface area contributed by atoms with Crippen molar-refractivity contribution in [1.82, 2.24) is 10.2 Å². The van der Waals surface area contributed by atoms with E-state index in [1.807, 2.05) is 0 Å². The number of carbonyl (C=O) groups is 2. The molecule has 0 spiro atoms. The lowest BCUT2D eigenvalue weighted by molar-refractivity contribution is -0.254. The highest BCUT2D eigenvalue weighted by Crippen LogP contribution is 2.28. The molecular weight excluding hydrogens is 326 g/mol. The average Bonchev–Trinajstić information content (AvgIpc) is 2.99. The first-order valence-corrected chi connectivity index (χ1v) is 7.89. The summed E-state index contributed by atoms with van der Waals surface area (Å²) in [4.78, 5) is 23.9. The largest absolute Gasteiger partial charge is 0.545 e. The predicted octanol–water partition coefficient (Wildman–Crippen LogP) is 2.13. The van der Waals surface area contributed by atoms with Gasteiger partial charge in [0, 0.05) is 11.1 Å². The molecule has 0 atom stereocenters. The van der Waals surface area contributed by atoms with Gasteiger partial charge in [-0.2, -0.15) is 0 Å². The van der Waals surface area contributed by atoms with Crippen molar-refractivity contribution in [2.45, 2.75) is 6.92 Å². The van der Waals surface area contributed by atoms with Crippen molar-refractivity contribution in [1.29, 1.82) is 0 Å². The number of carbonyl (C=O) groups excluding carboxylic acids is 2. The third-order valence-corrected chi connectivity index (χ3v) is 4.11. The van der Waals surface area contributed by atoms with Gasteiger partial charge in [-0.25, -0.2) is 0 Å². The number of benzene rings is 2. The van der Waals surface area contributed by atoms with Crippen LogP contribution >= 0.6 is 11.3 Å². The molecule has 0 radical (unpaired) electrons. The van der Waals surface area contributed by atoms with Crippen LogP contribution < -0.4 is 10.4 Å². The average molecular weight is 338 g/mol. The Morgan fingerprint density at radius 1 is 0.958 bits per heavy atom. The molecule has 6 nitrogen and oxygen atoms in total. The summed E-state index contributed by atoms with van der Waals surface area (Å²) in [6.45, 7) is 1.79. The minimum absolute atomic E-state index is 0.0320. The lowest BCUT2D eigenvalue weighted by Crippen LogP contribution is -2.23. The van der Waals surface area contributed by atoms with Crippen LogP contribution in [0.1, 0.15) is 25.7 Å². The van der Waals surface area contributed by atoms with Crippen LogP contribution in [0.4, 0.5) is 5.13 Å². The molecule has 0 aliphatic carbocycles. The Balaban J connectivity index is 2.03. The van der Waals surface area contributed by atoms with Gasteiger partial charge in [0.15, 0.2) is 0 Å². The number of aryl methyl sites for hydroxylation is 1. The topological polar surface area (TPSA) is 95.0 Å². The van der Waals surface area contributed by atoms with E-state index in [9.17, 15) is 14.7 Å². The second kappa shape index (κ2) is 6.59. The Kier molecular flexibility index (Phi) is 4.35. The van der Waals surface area contributed by atoms with Gasteiger partial charge in [-0.15, -0.1) is 10.2 Å². The highest BCUT2D eigenvalue weighted by atomic mass is 32.1. The maximum absolute atomic E-state index is 12.6. The van der Waals surface area contributed by atoms with Gasteiger partial charge in [-0.1, -0.05) is 53.8 Å². The molecule has 0 unspecified atom stereocenters. The molecule has 1 amide bonds. The van der Waals surface area contributed by atoms with E-state index in [-0.39, 0.29) is 11.5 Å². The molecular formula is C17H12N3O3S-. The summed E-state index contributed by atoms with van der Waals surface area (Å²) in [6, 6.07) is 13.2. The molecule has 1 aromatic heterocycles. The fourth-order valence-corrected chi connectivity index (χ4v) is 2.91. The number of hydrogen-bond donors (Lipinski definition) is 1. The van der Waals surface area contributed by atoms with Crippen molar-refractivity contribution in [3.8, 4) is 11.1 Å². The Morgan fingerprint density at radius 2 is 1.54 bits per heavy atom. The van der Waals surface area contributed by atoms with Crippen LogP contribution in [0.25, 0.3) is 11.1 Å². The van der Waals surface area contributed by atoms with E-state index in [2.05, 4.69) is 15.5 Å². The summed E-state index contributed by atoms with van der Waals surface area (Å²) in [6.07, 6.45) is 0. The van der Waals surface area contributed by atoms with E-state index in [0.717, 1.165) is 5.01 Å². The second-order valence-corrected chi connectivity index (χ2v) is 6.14. The summed E-state index contributed by atoms with van der Waals surface area (Å²) in [5.41, 5.74) is 1.32. The molecule has 0 aliphatic rings. The summed E-state index contributed by atoms with van der Waals surface area (Å²) >= 11 is 1.26. The van der Waals surface area contributed by atoms with Gasteiger partial charge in [0.1, 0.15) is 5.01 Å². The molecule has 0 aliphatic heterocycles. The Morgan fingerprint density at radius 3 is 2.12 bits per heavy atom. The zero-order chi connectivity index (χ0) is 17.1. The van der Waals surface area contributed by atoms with Gasteiger partial charge in [0.25, 0.3) is 5.91 Å². The standard InChI is InChI=1S/C17H13N3O3S/c1-10-19-20-17(24-10)18-15(21)13-8-4-2-6-11(13)12-7-3-5-9-14(12)16(22)23/h2-9H,1H3,(H,22,23)(H,18,20,21)/p-1. The minimum Gasteiger partial charge on any atom is -0.545 e. The summed E-state index contributed by atoms with van der Waals surface area (Å²) in [7, 11) is 0. The third-order valence-electron chi connectivity index (χ3n) is 3.36. The van der Waals surface area contributed by atoms with E-state index < -0.39 is 5.97 Å². The zero-order valence-corrected chi connectivity index (χ0v) is 13.5. The van der Waals surface area contributed by atoms with Gasteiger partial charge < -0.3 is 9.90 Å². The molecule has 0 fully saturated rings. The van der Waals surface area contributed by atoms with E-state index in [1.165, 1.54) is 17.4 Å². The SMILES string of the molecule is Cc1nnc(NC(=O)c2ccccc2-c2ccccc2C(=O)[O-])s1. The fourth-order valence-electron chi connectivity index (χ4n) is 2.32. The molecule has 3 rings (SSSR count). The number of nitrogens with one attached hydrogen (secondary N) is 1. The predicted molar refractivity (Wildman–Crippen MR) is 88.8 cm³/mol. The molecule has 120 valence electrons. The Labute approximate surface area is 141 Å². The molecule has 0 saturated heterocycles. The summed E-state index contributed by atoms with van der Waals surface area (Å²) in [5.74, 6) is -1.67. The highest BCUT2D eigenvalue weighted by molar-refractivity contribution is 7.15. The first-order chi connectivity index (χ1) is 11.6. The van der Waals surface area contributed by atoms with Crippen molar-refractivity contribution >= 4 is 28.3 Å². The molecule has 0 bridgehead atoms. The number of aromatic carboxylic acids is 1. The molecule has 1 heterocycles. The molecule has 2 aromatic carbocycles. The Bertz CT molecular complexity index is 921. The van der Waals surface area contributed by atoms with E-state index >= 15 is 0 Å². The highest BCUT2D eigenvalue weighted by Gasteiger charge is 2.16. The third kappa shape index (κ3) is 3.16. The van der Waals surface area contributed by atoms with Crippen LogP contribution in [-0.2, 0) is 0 Å². The van der Waals surface area contributed by atoms with Crippen molar-refractivity contribution in [2.75, 3.05) is 5.32 Å². The van der Waals surface area contributed by atoms with Crippen LogP contribution in [0.3, 0.4) is 0 Å². The van der Waals surface area contributed by atoms with Crippen LogP contribution in [-0.4, -0.2) is 22.1 Å². The first-order valence-electron chi connectivity index (χ1n) is 7.07. The number of amides is 1. The fraction of sp³-hybridized carbons (Fsp3) is 0.0588. The normalized spacial score (nSPS) is 10.4. The number of carboxylic acids is 1. The maximum Gasteiger partial charge on any atom is 0.258 e. The summed E-state index contributed by atoms with van der Waals surface area (Å²) < 4.78 is 0. The minimum atomic E-state index is -1.29. The first kappa shape index (κ1) is 15.8. The number of rotatable bonds is 4. The second-order valence-electron chi connectivity index (χ2n) is 4.96. The smallest absolute Gasteiger partial charge is 0.258 e. The number of anilines is 1. The quantitative estimate of drug-likeness (QED) is 0.786. The lowest BCUT2D eigenvalue weighted by Gasteiger charge is -2.13. The van der Waals surface area contributed by atoms with Crippen LogP contribution in [0, 0.1) is 6.92 Å². The number of aromatic nitrogens is 2. The summed E-state index contributed by atoms with van der Waals surface area (Å²) in [5, 5.41) is 22.9. The maximum atomic E-state index is 12.6. The molecule has 0 saturated carbocycles. The van der Waals surface area contributed by atoms with Crippen molar-refractivity contribution in [2.24, 2.45) is 0 Å². The monoisotopic (exact) mass is 338 g/mol. The number of hydrogen-bond acceptors (Lipinski definition) is 6. The number of carboxylic acid groups (broad SMARTS) is 1. The van der Waals surface area contributed by atoms with Gasteiger partial charge >= 0.3 is 0 Å². The van der Waals surface area contributed by atoms with E-state index in [4.69, 9.17) is 0 Å². The molecule has 7 heteroatoms. The van der Waals surface area contributed by atoms with Crippen LogP contribution in [0.2, 0.25) is 0 Å². The lowest BCUT2D eigenvalue weighted by atomic mass is 9.95.